The minimum atomic E-state index is -4.16. The Morgan fingerprint density at radius 1 is 1.14 bits per heavy atom. The van der Waals surface area contributed by atoms with E-state index < -0.39 is 11.7 Å². The van der Waals surface area contributed by atoms with Gasteiger partial charge < -0.3 is 4.74 Å². The van der Waals surface area contributed by atoms with Crippen molar-refractivity contribution in [1.82, 2.24) is 5.32 Å². The van der Waals surface area contributed by atoms with E-state index in [1.54, 1.807) is 0 Å². The van der Waals surface area contributed by atoms with E-state index >= 15 is 0 Å². The molecular weight excluding hydrogens is 279 g/mol. The van der Waals surface area contributed by atoms with Crippen molar-refractivity contribution in [2.75, 3.05) is 6.61 Å². The molecule has 0 amide bonds. The lowest BCUT2D eigenvalue weighted by atomic mass is 10.2. The minimum Gasteiger partial charge on any atom is -0.494 e. The molecule has 0 spiro atoms. The SMILES string of the molecule is CCCCCOc1ccc(CNC2(C(F)(F)F)CC2)cc1. The fourth-order valence-electron chi connectivity index (χ4n) is 2.20. The van der Waals surface area contributed by atoms with E-state index in [2.05, 4.69) is 12.2 Å². The van der Waals surface area contributed by atoms with Crippen LogP contribution in [0.1, 0.15) is 44.6 Å². The fourth-order valence-corrected chi connectivity index (χ4v) is 2.20. The Bertz CT molecular complexity index is 438. The maximum atomic E-state index is 12.8. The van der Waals surface area contributed by atoms with Gasteiger partial charge in [0, 0.05) is 6.54 Å². The van der Waals surface area contributed by atoms with Gasteiger partial charge in [0.2, 0.25) is 0 Å². The second kappa shape index (κ2) is 6.69. The third-order valence-corrected chi connectivity index (χ3v) is 3.86. The molecule has 1 aliphatic carbocycles. The summed E-state index contributed by atoms with van der Waals surface area (Å²) in [7, 11) is 0. The Morgan fingerprint density at radius 2 is 1.81 bits per heavy atom. The molecule has 1 fully saturated rings. The summed E-state index contributed by atoms with van der Waals surface area (Å²) in [4.78, 5) is 0. The summed E-state index contributed by atoms with van der Waals surface area (Å²) < 4.78 is 43.9. The summed E-state index contributed by atoms with van der Waals surface area (Å²) in [5.41, 5.74) is -0.811. The molecule has 0 aromatic heterocycles. The van der Waals surface area contributed by atoms with Gasteiger partial charge in [-0.05, 0) is 37.0 Å². The Morgan fingerprint density at radius 3 is 2.33 bits per heavy atom. The number of rotatable bonds is 8. The second-order valence-corrected chi connectivity index (χ2v) is 5.63. The first-order valence-electron chi connectivity index (χ1n) is 7.50. The molecule has 0 heterocycles. The number of nitrogens with one attached hydrogen (secondary N) is 1. The van der Waals surface area contributed by atoms with E-state index in [1.807, 2.05) is 24.3 Å². The molecular formula is C16H22F3NO. The van der Waals surface area contributed by atoms with Crippen LogP contribution in [-0.4, -0.2) is 18.3 Å². The zero-order chi connectivity index (χ0) is 15.3. The highest BCUT2D eigenvalue weighted by Crippen LogP contribution is 2.49. The standard InChI is InChI=1S/C16H22F3NO/c1-2-3-4-11-21-14-7-5-13(6-8-14)12-20-15(9-10-15)16(17,18)19/h5-8,20H,2-4,9-12H2,1H3. The van der Waals surface area contributed by atoms with Crippen LogP contribution in [0.15, 0.2) is 24.3 Å². The number of alkyl halides is 3. The van der Waals surface area contributed by atoms with Gasteiger partial charge in [-0.1, -0.05) is 31.9 Å². The van der Waals surface area contributed by atoms with E-state index in [4.69, 9.17) is 4.74 Å². The monoisotopic (exact) mass is 301 g/mol. The quantitative estimate of drug-likeness (QED) is 0.717. The van der Waals surface area contributed by atoms with Crippen LogP contribution in [0.25, 0.3) is 0 Å². The highest BCUT2D eigenvalue weighted by Gasteiger charge is 2.62. The molecule has 0 saturated heterocycles. The molecule has 0 aliphatic heterocycles. The fraction of sp³-hybridized carbons (Fsp3) is 0.625. The Balaban J connectivity index is 1.78. The molecule has 1 N–H and O–H groups in total. The molecule has 1 saturated carbocycles. The number of benzene rings is 1. The minimum absolute atomic E-state index is 0.176. The van der Waals surface area contributed by atoms with E-state index in [-0.39, 0.29) is 19.4 Å². The van der Waals surface area contributed by atoms with Crippen molar-refractivity contribution in [3.8, 4) is 5.75 Å². The molecule has 0 bridgehead atoms. The normalized spacial score (nSPS) is 16.8. The maximum Gasteiger partial charge on any atom is 0.406 e. The molecule has 0 unspecified atom stereocenters. The first-order chi connectivity index (χ1) is 9.97. The van der Waals surface area contributed by atoms with Crippen LogP contribution in [0, 0.1) is 0 Å². The first-order valence-corrected chi connectivity index (χ1v) is 7.50. The van der Waals surface area contributed by atoms with Crippen LogP contribution in [0.5, 0.6) is 5.75 Å². The van der Waals surface area contributed by atoms with Crippen LogP contribution in [0.2, 0.25) is 0 Å². The molecule has 1 aromatic carbocycles. The lowest BCUT2D eigenvalue weighted by Crippen LogP contribution is -2.44. The summed E-state index contributed by atoms with van der Waals surface area (Å²) in [6.45, 7) is 3.05. The molecule has 0 radical (unpaired) electrons. The van der Waals surface area contributed by atoms with Crippen LogP contribution in [-0.2, 0) is 6.54 Å². The molecule has 1 aliphatic rings. The molecule has 21 heavy (non-hydrogen) atoms. The second-order valence-electron chi connectivity index (χ2n) is 5.63. The van der Waals surface area contributed by atoms with E-state index in [0.717, 1.165) is 30.6 Å². The third kappa shape index (κ3) is 4.37. The van der Waals surface area contributed by atoms with E-state index in [0.29, 0.717) is 6.61 Å². The van der Waals surface area contributed by atoms with E-state index in [1.165, 1.54) is 0 Å². The van der Waals surface area contributed by atoms with Gasteiger partial charge in [0.05, 0.1) is 6.61 Å². The number of hydrogen-bond donors (Lipinski definition) is 1. The van der Waals surface area contributed by atoms with Gasteiger partial charge in [0.15, 0.2) is 0 Å². The Labute approximate surface area is 123 Å². The van der Waals surface area contributed by atoms with Gasteiger partial charge in [-0.3, -0.25) is 5.32 Å². The van der Waals surface area contributed by atoms with Crippen LogP contribution in [0.4, 0.5) is 13.2 Å². The summed E-state index contributed by atoms with van der Waals surface area (Å²) in [5, 5.41) is 2.64. The largest absolute Gasteiger partial charge is 0.494 e. The smallest absolute Gasteiger partial charge is 0.406 e. The zero-order valence-corrected chi connectivity index (χ0v) is 12.3. The molecule has 2 rings (SSSR count). The highest BCUT2D eigenvalue weighted by molar-refractivity contribution is 5.27. The maximum absolute atomic E-state index is 12.8. The predicted molar refractivity (Wildman–Crippen MR) is 76.3 cm³/mol. The van der Waals surface area contributed by atoms with Crippen molar-refractivity contribution in [2.24, 2.45) is 0 Å². The molecule has 2 nitrogen and oxygen atoms in total. The lowest BCUT2D eigenvalue weighted by Gasteiger charge is -2.20. The van der Waals surface area contributed by atoms with Crippen LogP contribution in [0.3, 0.4) is 0 Å². The lowest BCUT2D eigenvalue weighted by molar-refractivity contribution is -0.166. The number of ether oxygens (including phenoxy) is 1. The topological polar surface area (TPSA) is 21.3 Å². The van der Waals surface area contributed by atoms with Crippen molar-refractivity contribution in [1.29, 1.82) is 0 Å². The summed E-state index contributed by atoms with van der Waals surface area (Å²) in [6.07, 6.45) is -0.496. The average Bonchev–Trinajstić information content (AvgIpc) is 3.23. The molecule has 118 valence electrons. The predicted octanol–water partition coefficient (Wildman–Crippen LogP) is 4.44. The first kappa shape index (κ1) is 16.1. The van der Waals surface area contributed by atoms with Crippen molar-refractivity contribution < 1.29 is 17.9 Å². The summed E-state index contributed by atoms with van der Waals surface area (Å²) in [5.74, 6) is 0.770. The van der Waals surface area contributed by atoms with Gasteiger partial charge in [-0.25, -0.2) is 0 Å². The van der Waals surface area contributed by atoms with Crippen molar-refractivity contribution in [3.63, 3.8) is 0 Å². The van der Waals surface area contributed by atoms with Gasteiger partial charge in [0.1, 0.15) is 11.3 Å². The summed E-state index contributed by atoms with van der Waals surface area (Å²) in [6, 6.07) is 7.26. The van der Waals surface area contributed by atoms with Gasteiger partial charge in [-0.2, -0.15) is 13.2 Å². The molecule has 1 aromatic rings. The number of unbranched alkanes of at least 4 members (excludes halogenated alkanes) is 2. The van der Waals surface area contributed by atoms with Crippen molar-refractivity contribution in [2.45, 2.75) is 57.3 Å². The summed E-state index contributed by atoms with van der Waals surface area (Å²) >= 11 is 0. The van der Waals surface area contributed by atoms with Gasteiger partial charge >= 0.3 is 6.18 Å². The van der Waals surface area contributed by atoms with Crippen LogP contribution < -0.4 is 10.1 Å². The Kier molecular flexibility index (Phi) is 5.14. The van der Waals surface area contributed by atoms with Crippen molar-refractivity contribution in [3.05, 3.63) is 29.8 Å². The zero-order valence-electron chi connectivity index (χ0n) is 12.3. The number of halogens is 3. The van der Waals surface area contributed by atoms with Crippen LogP contribution >= 0.6 is 0 Å². The Hall–Kier alpha value is -1.23. The molecule has 5 heteroatoms. The van der Waals surface area contributed by atoms with Gasteiger partial charge in [-0.15, -0.1) is 0 Å². The average molecular weight is 301 g/mol. The molecule has 0 atom stereocenters. The van der Waals surface area contributed by atoms with E-state index in [9.17, 15) is 13.2 Å². The van der Waals surface area contributed by atoms with Crippen molar-refractivity contribution >= 4 is 0 Å². The third-order valence-electron chi connectivity index (χ3n) is 3.86. The van der Waals surface area contributed by atoms with Gasteiger partial charge in [0.25, 0.3) is 0 Å². The highest BCUT2D eigenvalue weighted by atomic mass is 19.4. The number of hydrogen-bond acceptors (Lipinski definition) is 2.